The van der Waals surface area contributed by atoms with Crippen LogP contribution in [0.5, 0.6) is 0 Å². The number of hydrogen-bond donors (Lipinski definition) is 2. The zero-order valence-corrected chi connectivity index (χ0v) is 14.1. The van der Waals surface area contributed by atoms with Crippen LogP contribution in [-0.2, 0) is 11.4 Å². The number of fused-ring (bicyclic) bond motifs is 4. The summed E-state index contributed by atoms with van der Waals surface area (Å²) in [7, 11) is 0. The maximum absolute atomic E-state index is 12.2. The Bertz CT molecular complexity index is 786. The SMILES string of the molecule is CC1(C)CCC2(CC1)NC(=O)Nc1ccc3nc(CCl)oc3c12. The molecule has 6 heteroatoms. The highest BCUT2D eigenvalue weighted by atomic mass is 35.5. The number of alkyl halides is 1. The molecule has 1 aliphatic heterocycles. The van der Waals surface area contributed by atoms with Gasteiger partial charge in [0, 0.05) is 5.56 Å². The van der Waals surface area contributed by atoms with Crippen LogP contribution in [0.1, 0.15) is 51.0 Å². The summed E-state index contributed by atoms with van der Waals surface area (Å²) in [6.45, 7) is 4.56. The lowest BCUT2D eigenvalue weighted by molar-refractivity contribution is 0.138. The fourth-order valence-corrected chi connectivity index (χ4v) is 3.95. The van der Waals surface area contributed by atoms with Crippen molar-refractivity contribution in [2.75, 3.05) is 5.32 Å². The molecule has 2 N–H and O–H groups in total. The molecule has 1 aromatic heterocycles. The van der Waals surface area contributed by atoms with Crippen LogP contribution < -0.4 is 10.6 Å². The van der Waals surface area contributed by atoms with Crippen LogP contribution in [-0.4, -0.2) is 11.0 Å². The van der Waals surface area contributed by atoms with Gasteiger partial charge in [-0.05, 0) is 43.2 Å². The second kappa shape index (κ2) is 4.87. The highest BCUT2D eigenvalue weighted by Gasteiger charge is 2.46. The molecule has 1 aromatic carbocycles. The molecule has 2 aromatic rings. The molecule has 2 amide bonds. The van der Waals surface area contributed by atoms with Crippen LogP contribution in [0.2, 0.25) is 0 Å². The molecule has 23 heavy (non-hydrogen) atoms. The highest BCUT2D eigenvalue weighted by molar-refractivity contribution is 6.16. The van der Waals surface area contributed by atoms with Crippen LogP contribution in [0.15, 0.2) is 16.5 Å². The maximum atomic E-state index is 12.2. The monoisotopic (exact) mass is 333 g/mol. The molecule has 1 aliphatic carbocycles. The number of urea groups is 1. The molecule has 1 spiro atoms. The van der Waals surface area contributed by atoms with E-state index in [1.165, 1.54) is 0 Å². The van der Waals surface area contributed by atoms with Gasteiger partial charge in [-0.1, -0.05) is 13.8 Å². The number of hydrogen-bond acceptors (Lipinski definition) is 3. The van der Waals surface area contributed by atoms with Crippen molar-refractivity contribution in [1.82, 2.24) is 10.3 Å². The van der Waals surface area contributed by atoms with E-state index in [-0.39, 0.29) is 17.5 Å². The first-order chi connectivity index (χ1) is 10.9. The Hall–Kier alpha value is -1.75. The third-order valence-corrected chi connectivity index (χ3v) is 5.48. The predicted molar refractivity (Wildman–Crippen MR) is 89.6 cm³/mol. The van der Waals surface area contributed by atoms with Crippen molar-refractivity contribution in [1.29, 1.82) is 0 Å². The van der Waals surface area contributed by atoms with Gasteiger partial charge in [0.25, 0.3) is 0 Å². The van der Waals surface area contributed by atoms with Gasteiger partial charge < -0.3 is 15.1 Å². The first kappa shape index (κ1) is 14.8. The minimum absolute atomic E-state index is 0.145. The standard InChI is InChI=1S/C17H20ClN3O2/c1-16(2)5-7-17(8-6-16)13-10(20-15(22)21-17)3-4-11-14(13)23-12(9-18)19-11/h3-4H,5-9H2,1-2H3,(H2,20,21,22). The summed E-state index contributed by atoms with van der Waals surface area (Å²) in [6.07, 6.45) is 3.91. The van der Waals surface area contributed by atoms with Gasteiger partial charge >= 0.3 is 6.03 Å². The van der Waals surface area contributed by atoms with Crippen LogP contribution >= 0.6 is 11.6 Å². The smallest absolute Gasteiger partial charge is 0.319 e. The van der Waals surface area contributed by atoms with Crippen molar-refractivity contribution in [2.24, 2.45) is 5.41 Å². The molecule has 0 unspecified atom stereocenters. The average molecular weight is 334 g/mol. The average Bonchev–Trinajstić information content (AvgIpc) is 2.93. The molecule has 0 atom stereocenters. The van der Waals surface area contributed by atoms with Gasteiger partial charge in [0.2, 0.25) is 5.89 Å². The van der Waals surface area contributed by atoms with Gasteiger partial charge in [0.15, 0.2) is 5.58 Å². The Morgan fingerprint density at radius 1 is 1.26 bits per heavy atom. The number of rotatable bonds is 1. The molecule has 0 saturated heterocycles. The lowest BCUT2D eigenvalue weighted by atomic mass is 9.66. The summed E-state index contributed by atoms with van der Waals surface area (Å²) in [5, 5.41) is 6.08. The number of aromatic nitrogens is 1. The number of nitrogens with zero attached hydrogens (tertiary/aromatic N) is 1. The van der Waals surface area contributed by atoms with Crippen LogP contribution in [0, 0.1) is 5.41 Å². The molecule has 0 bridgehead atoms. The van der Waals surface area contributed by atoms with Crippen LogP contribution in [0.25, 0.3) is 11.1 Å². The quantitative estimate of drug-likeness (QED) is 0.755. The number of halogens is 1. The number of anilines is 1. The van der Waals surface area contributed by atoms with E-state index < -0.39 is 0 Å². The van der Waals surface area contributed by atoms with E-state index in [1.54, 1.807) is 0 Å². The van der Waals surface area contributed by atoms with Gasteiger partial charge in [-0.2, -0.15) is 0 Å². The molecule has 1 fully saturated rings. The summed E-state index contributed by atoms with van der Waals surface area (Å²) < 4.78 is 5.90. The van der Waals surface area contributed by atoms with E-state index in [4.69, 9.17) is 16.0 Å². The molecule has 122 valence electrons. The second-order valence-corrected chi connectivity index (χ2v) is 7.67. The molecular weight excluding hydrogens is 314 g/mol. The van der Waals surface area contributed by atoms with E-state index in [0.29, 0.717) is 11.3 Å². The third kappa shape index (κ3) is 2.29. The second-order valence-electron chi connectivity index (χ2n) is 7.40. The first-order valence-electron chi connectivity index (χ1n) is 8.01. The molecule has 2 aliphatic rings. The number of nitrogens with one attached hydrogen (secondary N) is 2. The van der Waals surface area contributed by atoms with E-state index in [1.807, 2.05) is 12.1 Å². The summed E-state index contributed by atoms with van der Waals surface area (Å²) in [5.74, 6) is 0.752. The maximum Gasteiger partial charge on any atom is 0.319 e. The molecule has 5 nitrogen and oxygen atoms in total. The van der Waals surface area contributed by atoms with Crippen LogP contribution in [0.4, 0.5) is 10.5 Å². The minimum atomic E-state index is -0.379. The fourth-order valence-electron chi connectivity index (χ4n) is 3.84. The lowest BCUT2D eigenvalue weighted by Crippen LogP contribution is -2.54. The van der Waals surface area contributed by atoms with Crippen molar-refractivity contribution >= 4 is 34.4 Å². The predicted octanol–water partition coefficient (Wildman–Crippen LogP) is 4.50. The van der Waals surface area contributed by atoms with Gasteiger partial charge in [-0.25, -0.2) is 9.78 Å². The van der Waals surface area contributed by atoms with Gasteiger partial charge in [-0.3, -0.25) is 0 Å². The molecule has 2 heterocycles. The van der Waals surface area contributed by atoms with E-state index in [0.717, 1.165) is 48.0 Å². The number of benzene rings is 1. The third-order valence-electron chi connectivity index (χ3n) is 5.25. The lowest BCUT2D eigenvalue weighted by Gasteiger charge is -2.46. The highest BCUT2D eigenvalue weighted by Crippen LogP contribution is 2.50. The first-order valence-corrected chi connectivity index (χ1v) is 8.54. The number of oxazole rings is 1. The van der Waals surface area contributed by atoms with Crippen molar-refractivity contribution in [2.45, 2.75) is 50.9 Å². The zero-order valence-electron chi connectivity index (χ0n) is 13.3. The van der Waals surface area contributed by atoms with Gasteiger partial charge in [-0.15, -0.1) is 11.6 Å². The van der Waals surface area contributed by atoms with E-state index in [2.05, 4.69) is 29.5 Å². The largest absolute Gasteiger partial charge is 0.439 e. The zero-order chi connectivity index (χ0) is 16.2. The summed E-state index contributed by atoms with van der Waals surface area (Å²) in [5.41, 5.74) is 3.30. The summed E-state index contributed by atoms with van der Waals surface area (Å²) >= 11 is 5.88. The Morgan fingerprint density at radius 3 is 2.70 bits per heavy atom. The summed E-state index contributed by atoms with van der Waals surface area (Å²) in [6, 6.07) is 3.65. The number of amides is 2. The molecule has 1 saturated carbocycles. The Balaban J connectivity index is 1.91. The van der Waals surface area contributed by atoms with Crippen molar-refractivity contribution < 1.29 is 9.21 Å². The van der Waals surface area contributed by atoms with Crippen molar-refractivity contribution in [3.8, 4) is 0 Å². The number of carbonyl (C=O) groups is 1. The normalized spacial score (nSPS) is 21.8. The Kier molecular flexibility index (Phi) is 3.14. The van der Waals surface area contributed by atoms with E-state index >= 15 is 0 Å². The van der Waals surface area contributed by atoms with E-state index in [9.17, 15) is 4.79 Å². The molecule has 4 rings (SSSR count). The Labute approximate surface area is 139 Å². The molecular formula is C17H20ClN3O2. The van der Waals surface area contributed by atoms with Crippen molar-refractivity contribution in [3.63, 3.8) is 0 Å². The minimum Gasteiger partial charge on any atom is -0.439 e. The van der Waals surface area contributed by atoms with Gasteiger partial charge in [0.05, 0.1) is 17.1 Å². The molecule has 0 radical (unpaired) electrons. The number of carbonyl (C=O) groups excluding carboxylic acids is 1. The Morgan fingerprint density at radius 2 is 2.00 bits per heavy atom. The topological polar surface area (TPSA) is 67.2 Å². The van der Waals surface area contributed by atoms with Gasteiger partial charge in [0.1, 0.15) is 5.52 Å². The van der Waals surface area contributed by atoms with Crippen LogP contribution in [0.3, 0.4) is 0 Å². The van der Waals surface area contributed by atoms with Crippen molar-refractivity contribution in [3.05, 3.63) is 23.6 Å². The fraction of sp³-hybridized carbons (Fsp3) is 0.529. The summed E-state index contributed by atoms with van der Waals surface area (Å²) in [4.78, 5) is 16.6.